The molecule has 84 valence electrons. The van der Waals surface area contributed by atoms with Crippen LogP contribution in [0.1, 0.15) is 5.69 Å². The first kappa shape index (κ1) is 11.6. The Kier molecular flexibility index (Phi) is 3.94. The highest BCUT2D eigenvalue weighted by Gasteiger charge is 2.09. The second kappa shape index (κ2) is 5.44. The molecule has 2 aromatic heterocycles. The molecule has 0 aromatic carbocycles. The normalized spacial score (nSPS) is 10.4. The number of nitrogen functional groups attached to an aromatic ring is 1. The van der Waals surface area contributed by atoms with Crippen LogP contribution in [0, 0.1) is 0 Å². The van der Waals surface area contributed by atoms with Gasteiger partial charge in [0.05, 0.1) is 5.02 Å². The third-order valence-electron chi connectivity index (χ3n) is 1.76. The molecule has 2 aromatic rings. The van der Waals surface area contributed by atoms with Crippen molar-refractivity contribution in [2.75, 3.05) is 5.43 Å². The van der Waals surface area contributed by atoms with Gasteiger partial charge in [0.15, 0.2) is 0 Å². The largest absolute Gasteiger partial charge is 0.313 e. The van der Waals surface area contributed by atoms with Gasteiger partial charge in [-0.3, -0.25) is 0 Å². The zero-order valence-corrected chi connectivity index (χ0v) is 10.4. The van der Waals surface area contributed by atoms with E-state index in [1.54, 1.807) is 18.3 Å². The Morgan fingerprint density at radius 2 is 2.44 bits per heavy atom. The smallest absolute Gasteiger partial charge is 0.148 e. The highest BCUT2D eigenvalue weighted by molar-refractivity contribution is 7.98. The van der Waals surface area contributed by atoms with Crippen LogP contribution in [-0.4, -0.2) is 14.6 Å². The van der Waals surface area contributed by atoms with Crippen molar-refractivity contribution in [1.82, 2.24) is 14.6 Å². The van der Waals surface area contributed by atoms with Gasteiger partial charge in [0.2, 0.25) is 0 Å². The van der Waals surface area contributed by atoms with Crippen LogP contribution in [0.15, 0.2) is 23.4 Å². The predicted octanol–water partition coefficient (Wildman–Crippen LogP) is 2.16. The minimum absolute atomic E-state index is 0.632. The third kappa shape index (κ3) is 2.62. The lowest BCUT2D eigenvalue weighted by molar-refractivity contribution is 1.06. The number of thioether (sulfide) groups is 1. The molecule has 0 unspecified atom stereocenters. The SMILES string of the molecule is NNc1snnc1CSc1ncccc1Cl. The Morgan fingerprint density at radius 1 is 1.56 bits per heavy atom. The van der Waals surface area contributed by atoms with E-state index in [4.69, 9.17) is 17.4 Å². The number of rotatable bonds is 4. The summed E-state index contributed by atoms with van der Waals surface area (Å²) in [5.74, 6) is 5.96. The summed E-state index contributed by atoms with van der Waals surface area (Å²) < 4.78 is 3.81. The van der Waals surface area contributed by atoms with E-state index in [0.717, 1.165) is 15.7 Å². The van der Waals surface area contributed by atoms with Crippen LogP contribution in [0.4, 0.5) is 5.00 Å². The maximum Gasteiger partial charge on any atom is 0.148 e. The van der Waals surface area contributed by atoms with Crippen molar-refractivity contribution in [1.29, 1.82) is 0 Å². The van der Waals surface area contributed by atoms with Gasteiger partial charge in [-0.25, -0.2) is 10.8 Å². The molecule has 2 heterocycles. The number of hydrogen-bond acceptors (Lipinski definition) is 7. The van der Waals surface area contributed by atoms with Crippen LogP contribution in [0.5, 0.6) is 0 Å². The molecule has 0 fully saturated rings. The monoisotopic (exact) mass is 273 g/mol. The van der Waals surface area contributed by atoms with Crippen molar-refractivity contribution < 1.29 is 0 Å². The molecular formula is C8H8ClN5S2. The zero-order valence-electron chi connectivity index (χ0n) is 8.05. The summed E-state index contributed by atoms with van der Waals surface area (Å²) in [5, 5.41) is 6.14. The molecule has 8 heteroatoms. The molecule has 0 spiro atoms. The topological polar surface area (TPSA) is 76.7 Å². The van der Waals surface area contributed by atoms with E-state index < -0.39 is 0 Å². The van der Waals surface area contributed by atoms with Crippen molar-refractivity contribution in [3.8, 4) is 0 Å². The number of halogens is 1. The fourth-order valence-corrected chi connectivity index (χ4v) is 2.71. The molecule has 0 saturated heterocycles. The Bertz CT molecular complexity index is 475. The summed E-state index contributed by atoms with van der Waals surface area (Å²) >= 11 is 8.71. The minimum atomic E-state index is 0.632. The summed E-state index contributed by atoms with van der Waals surface area (Å²) in [6.07, 6.45) is 1.70. The Balaban J connectivity index is 2.05. The summed E-state index contributed by atoms with van der Waals surface area (Å²) in [4.78, 5) is 4.17. The highest BCUT2D eigenvalue weighted by Crippen LogP contribution is 2.29. The molecule has 0 aliphatic heterocycles. The average Bonchev–Trinajstić information content (AvgIpc) is 2.75. The summed E-state index contributed by atoms with van der Waals surface area (Å²) in [6.45, 7) is 0. The Hall–Kier alpha value is -0.890. The first-order chi connectivity index (χ1) is 7.81. The quantitative estimate of drug-likeness (QED) is 0.505. The molecule has 3 N–H and O–H groups in total. The molecule has 2 rings (SSSR count). The Morgan fingerprint density at radius 3 is 3.19 bits per heavy atom. The lowest BCUT2D eigenvalue weighted by Gasteiger charge is -2.01. The molecular weight excluding hydrogens is 266 g/mol. The predicted molar refractivity (Wildman–Crippen MR) is 66.5 cm³/mol. The van der Waals surface area contributed by atoms with Crippen molar-refractivity contribution in [3.05, 3.63) is 29.0 Å². The third-order valence-corrected chi connectivity index (χ3v) is 3.89. The van der Waals surface area contributed by atoms with Crippen LogP contribution in [0.3, 0.4) is 0 Å². The van der Waals surface area contributed by atoms with Gasteiger partial charge in [-0.05, 0) is 12.1 Å². The van der Waals surface area contributed by atoms with E-state index in [1.807, 2.05) is 0 Å². The summed E-state index contributed by atoms with van der Waals surface area (Å²) in [5.41, 5.74) is 3.36. The number of hydrazine groups is 1. The van der Waals surface area contributed by atoms with Crippen LogP contribution in [0.25, 0.3) is 0 Å². The molecule has 0 saturated carbocycles. The Labute approximate surface area is 106 Å². The van der Waals surface area contributed by atoms with Gasteiger partial charge in [-0.1, -0.05) is 27.9 Å². The average molecular weight is 274 g/mol. The number of nitrogens with zero attached hydrogens (tertiary/aromatic N) is 3. The molecule has 0 radical (unpaired) electrons. The lowest BCUT2D eigenvalue weighted by atomic mass is 10.5. The summed E-state index contributed by atoms with van der Waals surface area (Å²) in [7, 11) is 0. The second-order valence-electron chi connectivity index (χ2n) is 2.77. The van der Waals surface area contributed by atoms with E-state index in [2.05, 4.69) is 20.0 Å². The molecule has 0 amide bonds. The van der Waals surface area contributed by atoms with Crippen molar-refractivity contribution in [2.45, 2.75) is 10.8 Å². The maximum absolute atomic E-state index is 5.98. The fourth-order valence-electron chi connectivity index (χ4n) is 1.03. The van der Waals surface area contributed by atoms with Crippen molar-refractivity contribution in [3.63, 3.8) is 0 Å². The first-order valence-electron chi connectivity index (χ1n) is 4.32. The van der Waals surface area contributed by atoms with Crippen molar-refractivity contribution >= 4 is 39.9 Å². The summed E-state index contributed by atoms with van der Waals surface area (Å²) in [6, 6.07) is 3.60. The number of aromatic nitrogens is 3. The molecule has 16 heavy (non-hydrogen) atoms. The van der Waals surface area contributed by atoms with Crippen LogP contribution >= 0.6 is 34.9 Å². The molecule has 0 aliphatic carbocycles. The van der Waals surface area contributed by atoms with E-state index in [-0.39, 0.29) is 0 Å². The number of anilines is 1. The highest BCUT2D eigenvalue weighted by atomic mass is 35.5. The van der Waals surface area contributed by atoms with Crippen LogP contribution in [0.2, 0.25) is 5.02 Å². The zero-order chi connectivity index (χ0) is 11.4. The number of nitrogens with two attached hydrogens (primary N) is 1. The molecule has 0 bridgehead atoms. The van der Waals surface area contributed by atoms with E-state index in [9.17, 15) is 0 Å². The second-order valence-corrected chi connectivity index (χ2v) is 4.90. The maximum atomic E-state index is 5.98. The van der Waals surface area contributed by atoms with Gasteiger partial charge in [-0.2, -0.15) is 0 Å². The van der Waals surface area contributed by atoms with Crippen molar-refractivity contribution in [2.24, 2.45) is 5.84 Å². The standard InChI is InChI=1S/C8H8ClN5S2/c9-5-2-1-3-11-7(5)15-4-6-8(12-10)16-14-13-6/h1-3,12H,4,10H2. The van der Waals surface area contributed by atoms with Gasteiger partial charge < -0.3 is 5.43 Å². The number of pyridine rings is 1. The number of hydrogen-bond donors (Lipinski definition) is 2. The fraction of sp³-hybridized carbons (Fsp3) is 0.125. The lowest BCUT2D eigenvalue weighted by Crippen LogP contribution is -2.06. The van der Waals surface area contributed by atoms with Crippen LogP contribution < -0.4 is 11.3 Å². The number of nitrogens with one attached hydrogen (secondary N) is 1. The van der Waals surface area contributed by atoms with Gasteiger partial charge in [0.1, 0.15) is 15.7 Å². The van der Waals surface area contributed by atoms with E-state index in [1.165, 1.54) is 23.3 Å². The van der Waals surface area contributed by atoms with Crippen LogP contribution in [-0.2, 0) is 5.75 Å². The van der Waals surface area contributed by atoms with E-state index >= 15 is 0 Å². The van der Waals surface area contributed by atoms with Gasteiger partial charge in [-0.15, -0.1) is 5.10 Å². The van der Waals surface area contributed by atoms with E-state index in [0.29, 0.717) is 10.8 Å². The minimum Gasteiger partial charge on any atom is -0.313 e. The molecule has 0 aliphatic rings. The van der Waals surface area contributed by atoms with Gasteiger partial charge >= 0.3 is 0 Å². The molecule has 0 atom stereocenters. The first-order valence-corrected chi connectivity index (χ1v) is 6.46. The van der Waals surface area contributed by atoms with Gasteiger partial charge in [0, 0.05) is 23.5 Å². The van der Waals surface area contributed by atoms with Gasteiger partial charge in [0.25, 0.3) is 0 Å². The molecule has 5 nitrogen and oxygen atoms in total.